The van der Waals surface area contributed by atoms with Gasteiger partial charge in [0.05, 0.1) is 12.7 Å². The molecule has 3 aliphatic rings. The van der Waals surface area contributed by atoms with Crippen LogP contribution in [0.3, 0.4) is 0 Å². The quantitative estimate of drug-likeness (QED) is 0.542. The highest BCUT2D eigenvalue weighted by Gasteiger charge is 2.24. The summed E-state index contributed by atoms with van der Waals surface area (Å²) in [4.78, 5) is 18.8. The molecule has 27 heavy (non-hydrogen) atoms. The summed E-state index contributed by atoms with van der Waals surface area (Å²) in [6, 6.07) is 0. The third-order valence-corrected chi connectivity index (χ3v) is 6.14. The van der Waals surface area contributed by atoms with E-state index in [-0.39, 0.29) is 12.5 Å². The molecule has 156 valence electrons. The van der Waals surface area contributed by atoms with Gasteiger partial charge in [-0.25, -0.2) is 0 Å². The number of carbonyl (C=O) groups is 1. The highest BCUT2D eigenvalue weighted by Crippen LogP contribution is 2.19. The van der Waals surface area contributed by atoms with Gasteiger partial charge in [0.25, 0.3) is 0 Å². The molecule has 0 radical (unpaired) electrons. The fraction of sp³-hybridized carbons (Fsp3) is 0.950. The lowest BCUT2D eigenvalue weighted by Gasteiger charge is -2.36. The zero-order chi connectivity index (χ0) is 19.1. The van der Waals surface area contributed by atoms with Crippen LogP contribution in [0.25, 0.3) is 0 Å². The molecule has 1 amide bonds. The average molecular weight is 383 g/mol. The Morgan fingerprint density at radius 1 is 1.00 bits per heavy atom. The number of nitrogens with one attached hydrogen (secondary N) is 1. The first kappa shape index (κ1) is 21.0. The molecule has 7 nitrogen and oxygen atoms in total. The summed E-state index contributed by atoms with van der Waals surface area (Å²) in [5.74, 6) is 1.32. The van der Waals surface area contributed by atoms with Crippen LogP contribution in [-0.2, 0) is 14.3 Å². The van der Waals surface area contributed by atoms with Gasteiger partial charge in [-0.1, -0.05) is 0 Å². The fourth-order valence-corrected chi connectivity index (χ4v) is 4.30. The van der Waals surface area contributed by atoms with Crippen molar-refractivity contribution in [2.45, 2.75) is 25.4 Å². The first-order chi connectivity index (χ1) is 13.1. The van der Waals surface area contributed by atoms with Crippen molar-refractivity contribution in [2.24, 2.45) is 11.8 Å². The van der Waals surface area contributed by atoms with E-state index in [4.69, 9.17) is 9.47 Å². The predicted octanol–water partition coefficient (Wildman–Crippen LogP) is 0.114. The number of piperidine rings is 1. The van der Waals surface area contributed by atoms with Crippen molar-refractivity contribution in [3.05, 3.63) is 0 Å². The Labute approximate surface area is 164 Å². The van der Waals surface area contributed by atoms with Crippen LogP contribution in [0.15, 0.2) is 0 Å². The Bertz CT molecular complexity index is 451. The number of ether oxygens (including phenoxy) is 2. The van der Waals surface area contributed by atoms with Gasteiger partial charge in [-0.3, -0.25) is 4.79 Å². The third kappa shape index (κ3) is 7.31. The van der Waals surface area contributed by atoms with Crippen molar-refractivity contribution < 1.29 is 14.3 Å². The largest absolute Gasteiger partial charge is 0.377 e. The molecule has 0 aromatic rings. The van der Waals surface area contributed by atoms with Crippen LogP contribution < -0.4 is 5.32 Å². The molecular weight excluding hydrogens is 344 g/mol. The lowest BCUT2D eigenvalue weighted by Crippen LogP contribution is -2.49. The Morgan fingerprint density at radius 3 is 2.44 bits per heavy atom. The van der Waals surface area contributed by atoms with E-state index in [1.165, 1.54) is 25.8 Å². The first-order valence-electron chi connectivity index (χ1n) is 10.6. The molecule has 3 saturated heterocycles. The minimum absolute atomic E-state index is 0.0120. The van der Waals surface area contributed by atoms with E-state index in [0.29, 0.717) is 24.5 Å². The maximum absolute atomic E-state index is 11.8. The number of hydrogen-bond donors (Lipinski definition) is 1. The number of hydrogen-bond acceptors (Lipinski definition) is 6. The molecule has 0 bridgehead atoms. The highest BCUT2D eigenvalue weighted by atomic mass is 16.5. The number of carbonyl (C=O) groups excluding carboxylic acids is 1. The Hall–Kier alpha value is -0.730. The molecule has 3 aliphatic heterocycles. The second-order valence-corrected chi connectivity index (χ2v) is 8.74. The van der Waals surface area contributed by atoms with Gasteiger partial charge in [-0.05, 0) is 52.4 Å². The monoisotopic (exact) mass is 382 g/mol. The zero-order valence-electron chi connectivity index (χ0n) is 17.2. The van der Waals surface area contributed by atoms with E-state index in [9.17, 15) is 4.79 Å². The smallest absolute Gasteiger partial charge is 0.246 e. The van der Waals surface area contributed by atoms with Gasteiger partial charge in [0.1, 0.15) is 6.61 Å². The number of nitrogens with zero attached hydrogens (tertiary/aromatic N) is 3. The molecule has 0 aliphatic carbocycles. The molecule has 3 fully saturated rings. The van der Waals surface area contributed by atoms with Crippen LogP contribution in [0.1, 0.15) is 19.3 Å². The number of amides is 1. The van der Waals surface area contributed by atoms with Crippen molar-refractivity contribution in [3.63, 3.8) is 0 Å². The molecular formula is C20H38N4O3. The molecule has 0 spiro atoms. The molecule has 0 aromatic carbocycles. The fourth-order valence-electron chi connectivity index (χ4n) is 4.30. The zero-order valence-corrected chi connectivity index (χ0v) is 17.2. The maximum atomic E-state index is 11.8. The predicted molar refractivity (Wildman–Crippen MR) is 106 cm³/mol. The van der Waals surface area contributed by atoms with Gasteiger partial charge in [0.15, 0.2) is 0 Å². The number of rotatable bonds is 10. The van der Waals surface area contributed by atoms with Crippen LogP contribution in [0.2, 0.25) is 0 Å². The van der Waals surface area contributed by atoms with Crippen molar-refractivity contribution in [2.75, 3.05) is 86.3 Å². The molecule has 3 heterocycles. The molecule has 3 rings (SSSR count). The normalized spacial score (nSPS) is 26.4. The second-order valence-electron chi connectivity index (χ2n) is 8.74. The minimum atomic E-state index is 0.0120. The van der Waals surface area contributed by atoms with Crippen molar-refractivity contribution in [1.82, 2.24) is 20.0 Å². The van der Waals surface area contributed by atoms with Crippen molar-refractivity contribution in [1.29, 1.82) is 0 Å². The summed E-state index contributed by atoms with van der Waals surface area (Å²) in [6.45, 7) is 10.1. The van der Waals surface area contributed by atoms with Crippen LogP contribution in [0.5, 0.6) is 0 Å². The van der Waals surface area contributed by atoms with Crippen LogP contribution in [0, 0.1) is 11.8 Å². The van der Waals surface area contributed by atoms with Crippen LogP contribution in [-0.4, -0.2) is 113 Å². The number of likely N-dealkylation sites (N-methyl/N-ethyl adjacent to an activating group) is 1. The Morgan fingerprint density at radius 2 is 1.78 bits per heavy atom. The van der Waals surface area contributed by atoms with Gasteiger partial charge >= 0.3 is 0 Å². The van der Waals surface area contributed by atoms with E-state index >= 15 is 0 Å². The van der Waals surface area contributed by atoms with E-state index in [1.54, 1.807) is 0 Å². The summed E-state index contributed by atoms with van der Waals surface area (Å²) in [7, 11) is 4.27. The summed E-state index contributed by atoms with van der Waals surface area (Å²) in [5.41, 5.74) is 0. The lowest BCUT2D eigenvalue weighted by atomic mass is 9.98. The molecule has 1 atom stereocenters. The maximum Gasteiger partial charge on any atom is 0.246 e. The van der Waals surface area contributed by atoms with E-state index in [1.807, 2.05) is 0 Å². The number of likely N-dealkylation sites (tertiary alicyclic amines) is 3. The second kappa shape index (κ2) is 10.7. The van der Waals surface area contributed by atoms with Crippen LogP contribution >= 0.6 is 0 Å². The Balaban J connectivity index is 1.15. The highest BCUT2D eigenvalue weighted by molar-refractivity contribution is 5.77. The van der Waals surface area contributed by atoms with Gasteiger partial charge in [-0.15, -0.1) is 0 Å². The topological polar surface area (TPSA) is 57.3 Å². The van der Waals surface area contributed by atoms with Crippen molar-refractivity contribution in [3.8, 4) is 0 Å². The van der Waals surface area contributed by atoms with Gasteiger partial charge < -0.3 is 29.5 Å². The lowest BCUT2D eigenvalue weighted by molar-refractivity contribution is -0.126. The standard InChI is InChI=1S/C20H38N4O3/c1-22-6-5-19(14-22)27-15-17-3-7-24(8-4-17)9-10-26-16-20(25)21-11-18-12-23(2)13-18/h17-19H,3-16H2,1-2H3,(H,21,25). The van der Waals surface area contributed by atoms with Gasteiger partial charge in [0, 0.05) is 51.8 Å². The third-order valence-electron chi connectivity index (χ3n) is 6.14. The van der Waals surface area contributed by atoms with E-state index < -0.39 is 0 Å². The summed E-state index contributed by atoms with van der Waals surface area (Å²) in [5, 5.41) is 2.97. The molecule has 0 saturated carbocycles. The van der Waals surface area contributed by atoms with Gasteiger partial charge in [-0.2, -0.15) is 0 Å². The van der Waals surface area contributed by atoms with Crippen LogP contribution in [0.4, 0.5) is 0 Å². The SMILES string of the molecule is CN1CC(CNC(=O)COCCN2CCC(COC3CCN(C)C3)CC2)C1. The van der Waals surface area contributed by atoms with E-state index in [2.05, 4.69) is 34.1 Å². The molecule has 7 heteroatoms. The molecule has 1 N–H and O–H groups in total. The van der Waals surface area contributed by atoms with Crippen molar-refractivity contribution >= 4 is 5.91 Å². The summed E-state index contributed by atoms with van der Waals surface area (Å²) in [6.07, 6.45) is 4.04. The summed E-state index contributed by atoms with van der Waals surface area (Å²) >= 11 is 0. The Kier molecular flexibility index (Phi) is 8.33. The summed E-state index contributed by atoms with van der Waals surface area (Å²) < 4.78 is 11.7. The minimum Gasteiger partial charge on any atom is -0.377 e. The van der Waals surface area contributed by atoms with Gasteiger partial charge in [0.2, 0.25) is 5.91 Å². The first-order valence-corrected chi connectivity index (χ1v) is 10.6. The molecule has 0 aromatic heterocycles. The molecule has 1 unspecified atom stereocenters. The van der Waals surface area contributed by atoms with E-state index in [0.717, 1.165) is 52.4 Å². The average Bonchev–Trinajstić information content (AvgIpc) is 3.06.